The third-order valence-electron chi connectivity index (χ3n) is 5.33. The Morgan fingerprint density at radius 1 is 0.970 bits per heavy atom. The Balaban J connectivity index is 1.72. The molecule has 0 bridgehead atoms. The van der Waals surface area contributed by atoms with Crippen LogP contribution in [0.4, 0.5) is 0 Å². The topological polar surface area (TPSA) is 83.9 Å². The number of hydrogen-bond donors (Lipinski definition) is 1. The summed E-state index contributed by atoms with van der Waals surface area (Å²) in [6, 6.07) is 21.6. The SMILES string of the molecule is Cc1ccc(S(=O)(=O)Oc2ccc([C@H](O)CN(C(=O)CCl)[C@H](C)c3ccccc3)cc2)cc1. The molecule has 0 aliphatic rings. The molecule has 0 aliphatic heterocycles. The molecular weight excluding hydrogens is 462 g/mol. The molecule has 174 valence electrons. The molecule has 0 spiro atoms. The van der Waals surface area contributed by atoms with Crippen LogP contribution < -0.4 is 4.18 Å². The summed E-state index contributed by atoms with van der Waals surface area (Å²) in [7, 11) is -3.97. The summed E-state index contributed by atoms with van der Waals surface area (Å²) in [5.74, 6) is -0.373. The summed E-state index contributed by atoms with van der Waals surface area (Å²) < 4.78 is 30.1. The van der Waals surface area contributed by atoms with Gasteiger partial charge in [-0.05, 0) is 49.2 Å². The average molecular weight is 488 g/mol. The van der Waals surface area contributed by atoms with Gasteiger partial charge in [-0.2, -0.15) is 8.42 Å². The van der Waals surface area contributed by atoms with E-state index in [4.69, 9.17) is 15.8 Å². The van der Waals surface area contributed by atoms with E-state index in [9.17, 15) is 18.3 Å². The third-order valence-corrected chi connectivity index (χ3v) is 6.82. The molecule has 8 heteroatoms. The van der Waals surface area contributed by atoms with Gasteiger partial charge >= 0.3 is 10.1 Å². The number of hydrogen-bond acceptors (Lipinski definition) is 5. The van der Waals surface area contributed by atoms with E-state index in [2.05, 4.69) is 0 Å². The lowest BCUT2D eigenvalue weighted by atomic mass is 10.0. The summed E-state index contributed by atoms with van der Waals surface area (Å²) >= 11 is 5.80. The normalized spacial score (nSPS) is 13.2. The lowest BCUT2D eigenvalue weighted by molar-refractivity contribution is -0.132. The first-order valence-electron chi connectivity index (χ1n) is 10.4. The van der Waals surface area contributed by atoms with Crippen LogP contribution in [0.25, 0.3) is 0 Å². The highest BCUT2D eigenvalue weighted by molar-refractivity contribution is 7.87. The van der Waals surface area contributed by atoms with E-state index < -0.39 is 16.2 Å². The van der Waals surface area contributed by atoms with Crippen LogP contribution in [0, 0.1) is 6.92 Å². The highest BCUT2D eigenvalue weighted by Crippen LogP contribution is 2.26. The van der Waals surface area contributed by atoms with Gasteiger partial charge in [0, 0.05) is 0 Å². The highest BCUT2D eigenvalue weighted by atomic mass is 35.5. The Kier molecular flexibility index (Phi) is 8.13. The molecule has 1 N–H and O–H groups in total. The molecular formula is C25H26ClNO5S. The van der Waals surface area contributed by atoms with Crippen molar-refractivity contribution in [2.24, 2.45) is 0 Å². The molecule has 0 aliphatic carbocycles. The number of nitrogens with zero attached hydrogens (tertiary/aromatic N) is 1. The fourth-order valence-electron chi connectivity index (χ4n) is 3.38. The molecule has 3 aromatic rings. The van der Waals surface area contributed by atoms with Gasteiger partial charge in [0.25, 0.3) is 0 Å². The third kappa shape index (κ3) is 6.35. The van der Waals surface area contributed by atoms with E-state index in [-0.39, 0.29) is 35.0 Å². The summed E-state index contributed by atoms with van der Waals surface area (Å²) in [5.41, 5.74) is 2.38. The number of halogens is 1. The molecule has 0 saturated heterocycles. The number of benzene rings is 3. The van der Waals surface area contributed by atoms with E-state index in [0.717, 1.165) is 11.1 Å². The standard InChI is InChI=1S/C25H26ClNO5S/c1-18-8-14-23(15-9-18)33(30,31)32-22-12-10-21(11-13-22)24(28)17-27(25(29)16-26)19(2)20-6-4-3-5-7-20/h3-15,19,24,28H,16-17H2,1-2H3/t19-,24-/m1/s1. The van der Waals surface area contributed by atoms with Crippen molar-refractivity contribution >= 4 is 27.6 Å². The monoisotopic (exact) mass is 487 g/mol. The van der Waals surface area contributed by atoms with Crippen molar-refractivity contribution in [2.45, 2.75) is 30.9 Å². The van der Waals surface area contributed by atoms with Crippen molar-refractivity contribution in [1.82, 2.24) is 4.90 Å². The van der Waals surface area contributed by atoms with Crippen LogP contribution in [0.2, 0.25) is 0 Å². The minimum absolute atomic E-state index is 0.0312. The van der Waals surface area contributed by atoms with Crippen LogP contribution in [-0.2, 0) is 14.9 Å². The van der Waals surface area contributed by atoms with E-state index in [0.29, 0.717) is 5.56 Å². The van der Waals surface area contributed by atoms with Gasteiger partial charge in [0.2, 0.25) is 5.91 Å². The molecule has 0 radical (unpaired) electrons. The van der Waals surface area contributed by atoms with Gasteiger partial charge < -0.3 is 14.2 Å². The average Bonchev–Trinajstić information content (AvgIpc) is 2.82. The zero-order chi connectivity index (χ0) is 24.0. The first kappa shape index (κ1) is 24.8. The predicted octanol–water partition coefficient (Wildman–Crippen LogP) is 4.62. The van der Waals surface area contributed by atoms with Crippen molar-refractivity contribution in [3.05, 3.63) is 95.6 Å². The first-order chi connectivity index (χ1) is 15.7. The molecule has 0 aromatic heterocycles. The van der Waals surface area contributed by atoms with Crippen LogP contribution in [0.15, 0.2) is 83.8 Å². The highest BCUT2D eigenvalue weighted by Gasteiger charge is 2.24. The molecule has 3 rings (SSSR count). The minimum atomic E-state index is -3.97. The summed E-state index contributed by atoms with van der Waals surface area (Å²) in [6.45, 7) is 3.77. The van der Waals surface area contributed by atoms with Crippen LogP contribution in [0.5, 0.6) is 5.75 Å². The number of carbonyl (C=O) groups excluding carboxylic acids is 1. The van der Waals surface area contributed by atoms with E-state index >= 15 is 0 Å². The van der Waals surface area contributed by atoms with E-state index in [1.165, 1.54) is 29.2 Å². The Labute approximate surface area is 199 Å². The maximum Gasteiger partial charge on any atom is 0.339 e. The van der Waals surface area contributed by atoms with E-state index in [1.807, 2.05) is 44.2 Å². The molecule has 33 heavy (non-hydrogen) atoms. The van der Waals surface area contributed by atoms with E-state index in [1.54, 1.807) is 24.3 Å². The summed E-state index contributed by atoms with van der Waals surface area (Å²) in [5, 5.41) is 10.8. The fraction of sp³-hybridized carbons (Fsp3) is 0.240. The molecule has 0 saturated carbocycles. The van der Waals surface area contributed by atoms with Crippen LogP contribution >= 0.6 is 11.6 Å². The number of carbonyl (C=O) groups is 1. The second kappa shape index (κ2) is 10.8. The van der Waals surface area contributed by atoms with Gasteiger partial charge in [-0.3, -0.25) is 4.79 Å². The van der Waals surface area contributed by atoms with Crippen molar-refractivity contribution in [1.29, 1.82) is 0 Å². The Bertz CT molecular complexity index is 1170. The Morgan fingerprint density at radius 2 is 1.58 bits per heavy atom. The second-order valence-electron chi connectivity index (χ2n) is 7.70. The van der Waals surface area contributed by atoms with Crippen LogP contribution in [0.1, 0.15) is 35.8 Å². The fourth-order valence-corrected chi connectivity index (χ4v) is 4.46. The lowest BCUT2D eigenvalue weighted by Crippen LogP contribution is -2.37. The van der Waals surface area contributed by atoms with Gasteiger partial charge in [-0.1, -0.05) is 60.2 Å². The minimum Gasteiger partial charge on any atom is -0.387 e. The quantitative estimate of drug-likeness (QED) is 0.351. The summed E-state index contributed by atoms with van der Waals surface area (Å²) in [6.07, 6.45) is -0.994. The van der Waals surface area contributed by atoms with Crippen LogP contribution in [-0.4, -0.2) is 36.8 Å². The van der Waals surface area contributed by atoms with Gasteiger partial charge in [0.1, 0.15) is 16.5 Å². The number of alkyl halides is 1. The summed E-state index contributed by atoms with van der Waals surface area (Å²) in [4.78, 5) is 14.0. The first-order valence-corrected chi connectivity index (χ1v) is 12.3. The number of aliphatic hydroxyl groups excluding tert-OH is 1. The zero-order valence-corrected chi connectivity index (χ0v) is 20.0. The Hall–Kier alpha value is -2.87. The molecule has 0 fully saturated rings. The van der Waals surface area contributed by atoms with Gasteiger partial charge in [-0.15, -0.1) is 11.6 Å². The number of aryl methyl sites for hydroxylation is 1. The van der Waals surface area contributed by atoms with Crippen LogP contribution in [0.3, 0.4) is 0 Å². The van der Waals surface area contributed by atoms with Gasteiger partial charge in [0.15, 0.2) is 0 Å². The maximum atomic E-state index is 12.5. The lowest BCUT2D eigenvalue weighted by Gasteiger charge is -2.31. The Morgan fingerprint density at radius 3 is 2.15 bits per heavy atom. The van der Waals surface area contributed by atoms with Crippen molar-refractivity contribution < 1.29 is 22.5 Å². The molecule has 6 nitrogen and oxygen atoms in total. The predicted molar refractivity (Wildman–Crippen MR) is 128 cm³/mol. The smallest absolute Gasteiger partial charge is 0.339 e. The molecule has 2 atom stereocenters. The zero-order valence-electron chi connectivity index (χ0n) is 18.4. The largest absolute Gasteiger partial charge is 0.387 e. The van der Waals surface area contributed by atoms with Crippen molar-refractivity contribution in [2.75, 3.05) is 12.4 Å². The molecule has 1 amide bonds. The molecule has 3 aromatic carbocycles. The molecule has 0 heterocycles. The van der Waals surface area contributed by atoms with Gasteiger partial charge in [-0.25, -0.2) is 0 Å². The number of rotatable bonds is 9. The van der Waals surface area contributed by atoms with Crippen molar-refractivity contribution in [3.8, 4) is 5.75 Å². The molecule has 0 unspecified atom stereocenters. The van der Waals surface area contributed by atoms with Crippen molar-refractivity contribution in [3.63, 3.8) is 0 Å². The maximum absolute atomic E-state index is 12.5. The number of amides is 1. The number of aliphatic hydroxyl groups is 1. The van der Waals surface area contributed by atoms with Gasteiger partial charge in [0.05, 0.1) is 18.7 Å². The second-order valence-corrected chi connectivity index (χ2v) is 9.52.